The standard InChI is InChI=1S/C16H27FN2O2/c1-13(18-2)14-7-5-8-15(17)16(14)19(10-12-21-4)9-6-11-20-3/h5,7-8,13,18H,6,9-12H2,1-4H3. The van der Waals surface area contributed by atoms with Crippen molar-refractivity contribution in [3.63, 3.8) is 0 Å². The lowest BCUT2D eigenvalue weighted by Gasteiger charge is -2.29. The molecule has 0 aliphatic heterocycles. The van der Waals surface area contributed by atoms with Gasteiger partial charge in [-0.2, -0.15) is 0 Å². The lowest BCUT2D eigenvalue weighted by atomic mass is 10.0. The zero-order valence-electron chi connectivity index (χ0n) is 13.5. The SMILES string of the molecule is CNC(C)c1cccc(F)c1N(CCCOC)CCOC. The van der Waals surface area contributed by atoms with Gasteiger partial charge in [-0.3, -0.25) is 0 Å². The smallest absolute Gasteiger partial charge is 0.146 e. The fraction of sp³-hybridized carbons (Fsp3) is 0.625. The summed E-state index contributed by atoms with van der Waals surface area (Å²) in [6.07, 6.45) is 0.849. The van der Waals surface area contributed by atoms with E-state index in [4.69, 9.17) is 9.47 Å². The fourth-order valence-corrected chi connectivity index (χ4v) is 2.31. The summed E-state index contributed by atoms with van der Waals surface area (Å²) in [6, 6.07) is 5.32. The zero-order valence-corrected chi connectivity index (χ0v) is 13.5. The highest BCUT2D eigenvalue weighted by atomic mass is 19.1. The molecule has 0 aliphatic carbocycles. The molecule has 1 aromatic rings. The molecule has 0 bridgehead atoms. The van der Waals surface area contributed by atoms with Gasteiger partial charge in [0.2, 0.25) is 0 Å². The van der Waals surface area contributed by atoms with Gasteiger partial charge in [-0.1, -0.05) is 12.1 Å². The molecule has 120 valence electrons. The van der Waals surface area contributed by atoms with Crippen molar-refractivity contribution in [2.45, 2.75) is 19.4 Å². The molecule has 0 heterocycles. The van der Waals surface area contributed by atoms with Gasteiger partial charge in [0.1, 0.15) is 5.82 Å². The quantitative estimate of drug-likeness (QED) is 0.673. The molecule has 0 aromatic heterocycles. The lowest BCUT2D eigenvalue weighted by molar-refractivity contribution is 0.190. The number of anilines is 1. The Morgan fingerprint density at radius 1 is 1.19 bits per heavy atom. The van der Waals surface area contributed by atoms with E-state index in [0.29, 0.717) is 25.4 Å². The first-order chi connectivity index (χ1) is 10.2. The molecule has 5 heteroatoms. The van der Waals surface area contributed by atoms with E-state index in [1.165, 1.54) is 6.07 Å². The summed E-state index contributed by atoms with van der Waals surface area (Å²) in [5.74, 6) is -0.192. The highest BCUT2D eigenvalue weighted by Crippen LogP contribution is 2.29. The highest BCUT2D eigenvalue weighted by Gasteiger charge is 2.18. The molecular weight excluding hydrogens is 271 g/mol. The monoisotopic (exact) mass is 298 g/mol. The van der Waals surface area contributed by atoms with Crippen molar-refractivity contribution in [1.29, 1.82) is 0 Å². The first-order valence-corrected chi connectivity index (χ1v) is 7.34. The van der Waals surface area contributed by atoms with E-state index in [2.05, 4.69) is 5.32 Å². The Hall–Kier alpha value is -1.17. The predicted octanol–water partition coefficient (Wildman–Crippen LogP) is 2.60. The van der Waals surface area contributed by atoms with Crippen LogP contribution in [-0.2, 0) is 9.47 Å². The summed E-state index contributed by atoms with van der Waals surface area (Å²) in [6.45, 7) is 4.65. The van der Waals surface area contributed by atoms with Gasteiger partial charge in [0.05, 0.1) is 12.3 Å². The van der Waals surface area contributed by atoms with Crippen LogP contribution in [0.1, 0.15) is 24.9 Å². The van der Waals surface area contributed by atoms with Crippen LogP contribution < -0.4 is 10.2 Å². The number of nitrogens with one attached hydrogen (secondary N) is 1. The largest absolute Gasteiger partial charge is 0.385 e. The average Bonchev–Trinajstić information content (AvgIpc) is 2.50. The number of nitrogens with zero attached hydrogens (tertiary/aromatic N) is 1. The van der Waals surface area contributed by atoms with E-state index in [9.17, 15) is 4.39 Å². The second-order valence-corrected chi connectivity index (χ2v) is 5.01. The van der Waals surface area contributed by atoms with Crippen LogP contribution in [0.5, 0.6) is 0 Å². The molecule has 4 nitrogen and oxygen atoms in total. The minimum Gasteiger partial charge on any atom is -0.385 e. The maximum Gasteiger partial charge on any atom is 0.146 e. The van der Waals surface area contributed by atoms with Crippen LogP contribution in [0.25, 0.3) is 0 Å². The third kappa shape index (κ3) is 5.26. The van der Waals surface area contributed by atoms with Gasteiger partial charge in [-0.15, -0.1) is 0 Å². The Bertz CT molecular complexity index is 415. The average molecular weight is 298 g/mol. The van der Waals surface area contributed by atoms with E-state index in [0.717, 1.165) is 18.5 Å². The summed E-state index contributed by atoms with van der Waals surface area (Å²) in [5.41, 5.74) is 1.62. The third-order valence-electron chi connectivity index (χ3n) is 3.58. The van der Waals surface area contributed by atoms with Gasteiger partial charge in [0, 0.05) is 40.0 Å². The van der Waals surface area contributed by atoms with Crippen molar-refractivity contribution in [3.8, 4) is 0 Å². The van der Waals surface area contributed by atoms with Gasteiger partial charge in [-0.05, 0) is 32.0 Å². The van der Waals surface area contributed by atoms with Crippen LogP contribution in [0.3, 0.4) is 0 Å². The molecule has 0 radical (unpaired) electrons. The van der Waals surface area contributed by atoms with Crippen molar-refractivity contribution in [1.82, 2.24) is 5.32 Å². The lowest BCUT2D eigenvalue weighted by Crippen LogP contribution is -2.31. The van der Waals surface area contributed by atoms with Crippen molar-refractivity contribution in [2.75, 3.05) is 52.5 Å². The number of hydrogen-bond donors (Lipinski definition) is 1. The molecule has 0 fully saturated rings. The first kappa shape index (κ1) is 17.9. The van der Waals surface area contributed by atoms with Crippen molar-refractivity contribution < 1.29 is 13.9 Å². The number of methoxy groups -OCH3 is 2. The highest BCUT2D eigenvalue weighted by molar-refractivity contribution is 5.56. The van der Waals surface area contributed by atoms with Crippen LogP contribution in [-0.4, -0.2) is 47.6 Å². The second-order valence-electron chi connectivity index (χ2n) is 5.01. The second kappa shape index (κ2) is 9.71. The van der Waals surface area contributed by atoms with Crippen LogP contribution in [0.4, 0.5) is 10.1 Å². The molecule has 0 aliphatic rings. The van der Waals surface area contributed by atoms with Crippen LogP contribution >= 0.6 is 0 Å². The maximum absolute atomic E-state index is 14.4. The summed E-state index contributed by atoms with van der Waals surface area (Å²) in [5, 5.41) is 3.18. The maximum atomic E-state index is 14.4. The molecule has 1 aromatic carbocycles. The summed E-state index contributed by atoms with van der Waals surface area (Å²) in [7, 11) is 5.21. The Labute approximate surface area is 127 Å². The van der Waals surface area contributed by atoms with Crippen LogP contribution in [0, 0.1) is 5.82 Å². The molecular formula is C16H27FN2O2. The summed E-state index contributed by atoms with van der Waals surface area (Å²) in [4.78, 5) is 2.04. The normalized spacial score (nSPS) is 12.4. The molecule has 1 unspecified atom stereocenters. The number of para-hydroxylation sites is 1. The Morgan fingerprint density at radius 3 is 2.52 bits per heavy atom. The molecule has 21 heavy (non-hydrogen) atoms. The van der Waals surface area contributed by atoms with E-state index in [1.807, 2.05) is 24.9 Å². The fourth-order valence-electron chi connectivity index (χ4n) is 2.31. The van der Waals surface area contributed by atoms with Gasteiger partial charge >= 0.3 is 0 Å². The minimum atomic E-state index is -0.192. The molecule has 1 rings (SSSR count). The molecule has 0 saturated carbocycles. The van der Waals surface area contributed by atoms with E-state index < -0.39 is 0 Å². The Morgan fingerprint density at radius 2 is 1.90 bits per heavy atom. The van der Waals surface area contributed by atoms with Crippen LogP contribution in [0.15, 0.2) is 18.2 Å². The van der Waals surface area contributed by atoms with Gasteiger partial charge in [-0.25, -0.2) is 4.39 Å². The summed E-state index contributed by atoms with van der Waals surface area (Å²) >= 11 is 0. The predicted molar refractivity (Wildman–Crippen MR) is 84.5 cm³/mol. The van der Waals surface area contributed by atoms with Gasteiger partial charge in [0.25, 0.3) is 0 Å². The summed E-state index contributed by atoms with van der Waals surface area (Å²) < 4.78 is 24.6. The third-order valence-corrected chi connectivity index (χ3v) is 3.58. The van der Waals surface area contributed by atoms with E-state index in [1.54, 1.807) is 20.3 Å². The number of hydrogen-bond acceptors (Lipinski definition) is 4. The Balaban J connectivity index is 3.03. The Kier molecular flexibility index (Phi) is 8.27. The minimum absolute atomic E-state index is 0.0863. The van der Waals surface area contributed by atoms with Crippen molar-refractivity contribution in [3.05, 3.63) is 29.6 Å². The van der Waals surface area contributed by atoms with E-state index in [-0.39, 0.29) is 11.9 Å². The molecule has 1 N–H and O–H groups in total. The van der Waals surface area contributed by atoms with Crippen LogP contribution in [0.2, 0.25) is 0 Å². The molecule has 1 atom stereocenters. The van der Waals surface area contributed by atoms with Crippen molar-refractivity contribution >= 4 is 5.69 Å². The zero-order chi connectivity index (χ0) is 15.7. The molecule has 0 spiro atoms. The van der Waals surface area contributed by atoms with Gasteiger partial charge in [0.15, 0.2) is 0 Å². The first-order valence-electron chi connectivity index (χ1n) is 7.34. The number of rotatable bonds is 10. The number of ether oxygens (including phenoxy) is 2. The van der Waals surface area contributed by atoms with Gasteiger partial charge < -0.3 is 19.7 Å². The van der Waals surface area contributed by atoms with Crippen molar-refractivity contribution in [2.24, 2.45) is 0 Å². The number of benzene rings is 1. The molecule has 0 saturated heterocycles. The van der Waals surface area contributed by atoms with E-state index >= 15 is 0 Å². The topological polar surface area (TPSA) is 33.7 Å². The molecule has 0 amide bonds. The number of halogens is 1.